The molecule has 0 aromatic carbocycles. The Kier molecular flexibility index (Phi) is 2.06. The molecule has 1 heterocycles. The Labute approximate surface area is 90.9 Å². The number of aryl methyl sites for hydroxylation is 1. The molecule has 1 aromatic heterocycles. The second kappa shape index (κ2) is 3.31. The summed E-state index contributed by atoms with van der Waals surface area (Å²) in [4.78, 5) is 4.52. The van der Waals surface area contributed by atoms with E-state index in [1.807, 2.05) is 12.3 Å². The van der Waals surface area contributed by atoms with Gasteiger partial charge in [0.2, 0.25) is 0 Å². The second-order valence-electron chi connectivity index (χ2n) is 5.15. The van der Waals surface area contributed by atoms with Crippen molar-refractivity contribution in [1.29, 1.82) is 0 Å². The first-order valence-electron chi connectivity index (χ1n) is 5.96. The maximum Gasteiger partial charge on any atom is 0.0482 e. The topological polar surface area (TPSA) is 38.9 Å². The number of nitrogens with zero attached hydrogens (tertiary/aromatic N) is 1. The van der Waals surface area contributed by atoms with Crippen LogP contribution in [0.4, 0.5) is 0 Å². The maximum atomic E-state index is 6.35. The maximum absolute atomic E-state index is 6.35. The van der Waals surface area contributed by atoms with Crippen LogP contribution in [0.15, 0.2) is 18.3 Å². The summed E-state index contributed by atoms with van der Waals surface area (Å²) < 4.78 is 0. The Hall–Kier alpha value is -0.890. The smallest absolute Gasteiger partial charge is 0.0482 e. The summed E-state index contributed by atoms with van der Waals surface area (Å²) >= 11 is 0. The number of aromatic nitrogens is 1. The SMILES string of the molecule is CC1CC1C(N)C1CCc2cccnc21. The van der Waals surface area contributed by atoms with Crippen molar-refractivity contribution in [2.45, 2.75) is 38.1 Å². The third kappa shape index (κ3) is 1.48. The molecule has 0 bridgehead atoms. The van der Waals surface area contributed by atoms with E-state index in [9.17, 15) is 0 Å². The molecule has 2 heteroatoms. The molecule has 4 atom stereocenters. The largest absolute Gasteiger partial charge is 0.327 e. The highest BCUT2D eigenvalue weighted by Gasteiger charge is 2.43. The highest BCUT2D eigenvalue weighted by molar-refractivity contribution is 5.30. The first kappa shape index (κ1) is 9.34. The molecule has 4 unspecified atom stereocenters. The molecule has 0 amide bonds. The Morgan fingerprint density at radius 3 is 3.07 bits per heavy atom. The lowest BCUT2D eigenvalue weighted by Gasteiger charge is -2.19. The van der Waals surface area contributed by atoms with Crippen LogP contribution in [-0.2, 0) is 6.42 Å². The molecule has 2 aliphatic rings. The van der Waals surface area contributed by atoms with Crippen LogP contribution in [0, 0.1) is 11.8 Å². The summed E-state index contributed by atoms with van der Waals surface area (Å²) in [7, 11) is 0. The molecule has 0 saturated heterocycles. The van der Waals surface area contributed by atoms with Crippen molar-refractivity contribution in [2.24, 2.45) is 17.6 Å². The van der Waals surface area contributed by atoms with E-state index in [2.05, 4.69) is 18.0 Å². The number of rotatable bonds is 2. The first-order valence-corrected chi connectivity index (χ1v) is 5.96. The molecule has 0 spiro atoms. The molecule has 2 nitrogen and oxygen atoms in total. The van der Waals surface area contributed by atoms with E-state index < -0.39 is 0 Å². The van der Waals surface area contributed by atoms with Gasteiger partial charge in [-0.25, -0.2) is 0 Å². The third-order valence-electron chi connectivity index (χ3n) is 4.13. The van der Waals surface area contributed by atoms with E-state index in [0.717, 1.165) is 11.8 Å². The molecule has 15 heavy (non-hydrogen) atoms. The monoisotopic (exact) mass is 202 g/mol. The Morgan fingerprint density at radius 2 is 2.33 bits per heavy atom. The van der Waals surface area contributed by atoms with Gasteiger partial charge >= 0.3 is 0 Å². The van der Waals surface area contributed by atoms with Gasteiger partial charge in [-0.1, -0.05) is 13.0 Å². The highest BCUT2D eigenvalue weighted by atomic mass is 14.8. The van der Waals surface area contributed by atoms with Gasteiger partial charge in [0, 0.05) is 23.9 Å². The molecule has 3 rings (SSSR count). The van der Waals surface area contributed by atoms with Crippen LogP contribution in [0.1, 0.15) is 36.9 Å². The van der Waals surface area contributed by atoms with Gasteiger partial charge in [-0.3, -0.25) is 4.98 Å². The Morgan fingerprint density at radius 1 is 1.53 bits per heavy atom. The van der Waals surface area contributed by atoms with Crippen LogP contribution in [0.5, 0.6) is 0 Å². The van der Waals surface area contributed by atoms with Gasteiger partial charge in [-0.05, 0) is 42.7 Å². The average Bonchev–Trinajstić information content (AvgIpc) is 2.83. The Bertz CT molecular complexity index is 375. The number of nitrogens with two attached hydrogens (primary N) is 1. The molecule has 2 N–H and O–H groups in total. The fourth-order valence-electron chi connectivity index (χ4n) is 3.00. The zero-order valence-electron chi connectivity index (χ0n) is 9.19. The van der Waals surface area contributed by atoms with Crippen LogP contribution < -0.4 is 5.73 Å². The zero-order valence-corrected chi connectivity index (χ0v) is 9.19. The lowest BCUT2D eigenvalue weighted by molar-refractivity contribution is 0.456. The molecule has 2 aliphatic carbocycles. The van der Waals surface area contributed by atoms with Gasteiger partial charge < -0.3 is 5.73 Å². The van der Waals surface area contributed by atoms with Gasteiger partial charge in [0.1, 0.15) is 0 Å². The number of pyridine rings is 1. The number of hydrogen-bond acceptors (Lipinski definition) is 2. The third-order valence-corrected chi connectivity index (χ3v) is 4.13. The van der Waals surface area contributed by atoms with Gasteiger partial charge in [0.05, 0.1) is 0 Å². The normalized spacial score (nSPS) is 34.9. The van der Waals surface area contributed by atoms with E-state index in [4.69, 9.17) is 5.73 Å². The Balaban J connectivity index is 1.84. The van der Waals surface area contributed by atoms with E-state index in [1.54, 1.807) is 0 Å². The summed E-state index contributed by atoms with van der Waals surface area (Å²) in [5.74, 6) is 2.12. The number of fused-ring (bicyclic) bond motifs is 1. The minimum Gasteiger partial charge on any atom is -0.327 e. The molecule has 1 aromatic rings. The van der Waals surface area contributed by atoms with Gasteiger partial charge in [-0.2, -0.15) is 0 Å². The first-order chi connectivity index (χ1) is 7.27. The summed E-state index contributed by atoms with van der Waals surface area (Å²) in [6.07, 6.45) is 5.60. The predicted molar refractivity (Wildman–Crippen MR) is 60.5 cm³/mol. The summed E-state index contributed by atoms with van der Waals surface area (Å²) in [5, 5.41) is 0. The second-order valence-corrected chi connectivity index (χ2v) is 5.15. The predicted octanol–water partition coefficient (Wildman–Crippen LogP) is 2.09. The summed E-state index contributed by atoms with van der Waals surface area (Å²) in [6.45, 7) is 2.30. The van der Waals surface area contributed by atoms with Crippen LogP contribution in [0.25, 0.3) is 0 Å². The van der Waals surface area contributed by atoms with Crippen molar-refractivity contribution in [1.82, 2.24) is 4.98 Å². The fourth-order valence-corrected chi connectivity index (χ4v) is 3.00. The van der Waals surface area contributed by atoms with Crippen LogP contribution in [0.2, 0.25) is 0 Å². The highest BCUT2D eigenvalue weighted by Crippen LogP contribution is 2.46. The summed E-state index contributed by atoms with van der Waals surface area (Å²) in [6, 6.07) is 4.58. The van der Waals surface area contributed by atoms with Gasteiger partial charge in [-0.15, -0.1) is 0 Å². The number of hydrogen-bond donors (Lipinski definition) is 1. The van der Waals surface area contributed by atoms with Gasteiger partial charge in [0.15, 0.2) is 0 Å². The van der Waals surface area contributed by atoms with Crippen LogP contribution in [-0.4, -0.2) is 11.0 Å². The van der Waals surface area contributed by atoms with Crippen molar-refractivity contribution in [3.05, 3.63) is 29.6 Å². The minimum atomic E-state index is 0.344. The van der Waals surface area contributed by atoms with Crippen LogP contribution >= 0.6 is 0 Å². The van der Waals surface area contributed by atoms with E-state index in [1.165, 1.54) is 30.5 Å². The lowest BCUT2D eigenvalue weighted by Crippen LogP contribution is -2.30. The minimum absolute atomic E-state index is 0.344. The molecule has 1 saturated carbocycles. The molecule has 0 aliphatic heterocycles. The van der Waals surface area contributed by atoms with Gasteiger partial charge in [0.25, 0.3) is 0 Å². The van der Waals surface area contributed by atoms with Crippen molar-refractivity contribution >= 4 is 0 Å². The van der Waals surface area contributed by atoms with Crippen molar-refractivity contribution in [2.75, 3.05) is 0 Å². The van der Waals surface area contributed by atoms with Crippen molar-refractivity contribution in [3.63, 3.8) is 0 Å². The molecular formula is C13H18N2. The fraction of sp³-hybridized carbons (Fsp3) is 0.615. The van der Waals surface area contributed by atoms with Crippen LogP contribution in [0.3, 0.4) is 0 Å². The van der Waals surface area contributed by atoms with Crippen molar-refractivity contribution in [3.8, 4) is 0 Å². The van der Waals surface area contributed by atoms with E-state index >= 15 is 0 Å². The molecule has 1 fully saturated rings. The average molecular weight is 202 g/mol. The molecular weight excluding hydrogens is 184 g/mol. The standard InChI is InChI=1S/C13H18N2/c1-8-7-11(8)12(14)10-5-4-9-3-2-6-15-13(9)10/h2-3,6,8,10-12H,4-5,7,14H2,1H3. The van der Waals surface area contributed by atoms with Crippen molar-refractivity contribution < 1.29 is 0 Å². The molecule has 80 valence electrons. The summed E-state index contributed by atoms with van der Waals surface area (Å²) in [5.41, 5.74) is 9.05. The van der Waals surface area contributed by atoms with E-state index in [-0.39, 0.29) is 0 Å². The zero-order chi connectivity index (χ0) is 10.4. The lowest BCUT2D eigenvalue weighted by atomic mass is 9.93. The quantitative estimate of drug-likeness (QED) is 0.797. The van der Waals surface area contributed by atoms with E-state index in [0.29, 0.717) is 12.0 Å². The molecule has 0 radical (unpaired) electrons.